The molecule has 0 bridgehead atoms. The second-order valence-corrected chi connectivity index (χ2v) is 3.62. The third-order valence-electron chi connectivity index (χ3n) is 2.10. The van der Waals surface area contributed by atoms with Crippen molar-refractivity contribution < 1.29 is 0 Å². The molecular formula is C10H9ClN6. The van der Waals surface area contributed by atoms with E-state index in [1.165, 1.54) is 6.20 Å². The quantitative estimate of drug-likeness (QED) is 0.867. The maximum atomic E-state index is 8.66. The lowest BCUT2D eigenvalue weighted by molar-refractivity contribution is 0.975. The molecule has 0 radical (unpaired) electrons. The molecule has 6 nitrogen and oxygen atoms in total. The molecule has 2 N–H and O–H groups in total. The van der Waals surface area contributed by atoms with Crippen molar-refractivity contribution in [2.75, 3.05) is 5.32 Å². The van der Waals surface area contributed by atoms with E-state index in [1.54, 1.807) is 0 Å². The van der Waals surface area contributed by atoms with Gasteiger partial charge < -0.3 is 5.32 Å². The van der Waals surface area contributed by atoms with Crippen LogP contribution in [-0.4, -0.2) is 20.2 Å². The minimum atomic E-state index is 0.0729. The van der Waals surface area contributed by atoms with Gasteiger partial charge in [-0.1, -0.05) is 18.5 Å². The fraction of sp³-hybridized carbons (Fsp3) is 0.200. The summed E-state index contributed by atoms with van der Waals surface area (Å²) >= 11 is 5.76. The Morgan fingerprint density at radius 3 is 2.94 bits per heavy atom. The van der Waals surface area contributed by atoms with E-state index in [1.807, 2.05) is 19.1 Å². The zero-order valence-corrected chi connectivity index (χ0v) is 9.78. The maximum Gasteiger partial charge on any atom is 0.178 e. The minimum absolute atomic E-state index is 0.0729. The summed E-state index contributed by atoms with van der Waals surface area (Å²) in [6.07, 6.45) is 2.30. The van der Waals surface area contributed by atoms with Crippen LogP contribution in [0.5, 0.6) is 0 Å². The molecule has 0 atom stereocenters. The standard InChI is InChI=1S/C10H9ClN6/c1-2-6-3-8(17-16-6)14-9-5-13-7(4-12)10(11)15-9/h3,5H,2H2,1H3,(H2,14,15,16,17). The molecule has 2 rings (SSSR count). The van der Waals surface area contributed by atoms with Crippen LogP contribution in [0.3, 0.4) is 0 Å². The van der Waals surface area contributed by atoms with Gasteiger partial charge in [0.1, 0.15) is 6.07 Å². The SMILES string of the molecule is CCc1cc(Nc2cnc(C#N)c(Cl)n2)n[nH]1. The van der Waals surface area contributed by atoms with Gasteiger partial charge in [-0.3, -0.25) is 5.10 Å². The van der Waals surface area contributed by atoms with Crippen molar-refractivity contribution in [2.45, 2.75) is 13.3 Å². The summed E-state index contributed by atoms with van der Waals surface area (Å²) in [4.78, 5) is 7.85. The number of hydrogen-bond acceptors (Lipinski definition) is 5. The number of aryl methyl sites for hydroxylation is 1. The molecule has 86 valence electrons. The molecule has 0 aliphatic carbocycles. The average molecular weight is 249 g/mol. The monoisotopic (exact) mass is 248 g/mol. The number of nitrogens with one attached hydrogen (secondary N) is 2. The number of nitriles is 1. The smallest absolute Gasteiger partial charge is 0.178 e. The summed E-state index contributed by atoms with van der Waals surface area (Å²) in [5, 5.41) is 18.6. The summed E-state index contributed by atoms with van der Waals surface area (Å²) in [7, 11) is 0. The Kier molecular flexibility index (Phi) is 3.21. The van der Waals surface area contributed by atoms with E-state index in [4.69, 9.17) is 16.9 Å². The van der Waals surface area contributed by atoms with Crippen molar-refractivity contribution >= 4 is 23.2 Å². The van der Waals surface area contributed by atoms with E-state index in [-0.39, 0.29) is 10.8 Å². The van der Waals surface area contributed by atoms with Crippen molar-refractivity contribution in [2.24, 2.45) is 0 Å². The zero-order chi connectivity index (χ0) is 12.3. The molecule has 7 heteroatoms. The number of anilines is 2. The van der Waals surface area contributed by atoms with Crippen LogP contribution in [-0.2, 0) is 6.42 Å². The van der Waals surface area contributed by atoms with Crippen LogP contribution in [0, 0.1) is 11.3 Å². The highest BCUT2D eigenvalue weighted by Gasteiger charge is 2.06. The van der Waals surface area contributed by atoms with Crippen molar-refractivity contribution in [1.29, 1.82) is 5.26 Å². The van der Waals surface area contributed by atoms with Crippen LogP contribution < -0.4 is 5.32 Å². The fourth-order valence-corrected chi connectivity index (χ4v) is 1.42. The molecule has 2 aromatic heterocycles. The highest BCUT2D eigenvalue weighted by atomic mass is 35.5. The highest BCUT2D eigenvalue weighted by molar-refractivity contribution is 6.30. The van der Waals surface area contributed by atoms with Gasteiger partial charge in [-0.05, 0) is 6.42 Å². The summed E-state index contributed by atoms with van der Waals surface area (Å²) < 4.78 is 0. The van der Waals surface area contributed by atoms with E-state index < -0.39 is 0 Å². The van der Waals surface area contributed by atoms with Gasteiger partial charge in [0.05, 0.1) is 6.20 Å². The normalized spacial score (nSPS) is 9.94. The molecule has 0 saturated carbocycles. The van der Waals surface area contributed by atoms with Gasteiger partial charge >= 0.3 is 0 Å². The predicted molar refractivity (Wildman–Crippen MR) is 63.0 cm³/mol. The number of hydrogen-bond donors (Lipinski definition) is 2. The molecule has 2 aromatic rings. The summed E-state index contributed by atoms with van der Waals surface area (Å²) in [5.74, 6) is 1.08. The number of aromatic amines is 1. The fourth-order valence-electron chi connectivity index (χ4n) is 1.24. The Bertz CT molecular complexity index is 570. The predicted octanol–water partition coefficient (Wildman–Crippen LogP) is 2.03. The molecule has 0 aliphatic rings. The van der Waals surface area contributed by atoms with E-state index in [9.17, 15) is 0 Å². The van der Waals surface area contributed by atoms with Gasteiger partial charge in [-0.2, -0.15) is 10.4 Å². The molecule has 0 fully saturated rings. The largest absolute Gasteiger partial charge is 0.322 e. The Morgan fingerprint density at radius 2 is 2.35 bits per heavy atom. The number of aromatic nitrogens is 4. The minimum Gasteiger partial charge on any atom is -0.322 e. The Morgan fingerprint density at radius 1 is 1.53 bits per heavy atom. The maximum absolute atomic E-state index is 8.66. The van der Waals surface area contributed by atoms with E-state index in [0.717, 1.165) is 12.1 Å². The lowest BCUT2D eigenvalue weighted by atomic mass is 10.3. The second kappa shape index (κ2) is 4.80. The first-order valence-electron chi connectivity index (χ1n) is 4.97. The third kappa shape index (κ3) is 2.52. The summed E-state index contributed by atoms with van der Waals surface area (Å²) in [5.41, 5.74) is 1.12. The Hall–Kier alpha value is -2.13. The van der Waals surface area contributed by atoms with Crippen LogP contribution in [0.2, 0.25) is 5.15 Å². The molecule has 17 heavy (non-hydrogen) atoms. The highest BCUT2D eigenvalue weighted by Crippen LogP contribution is 2.16. The molecular weight excluding hydrogens is 240 g/mol. The zero-order valence-electron chi connectivity index (χ0n) is 9.03. The number of nitrogens with zero attached hydrogens (tertiary/aromatic N) is 4. The molecule has 0 saturated heterocycles. The first kappa shape index (κ1) is 11.4. The lowest BCUT2D eigenvalue weighted by Crippen LogP contribution is -1.97. The van der Waals surface area contributed by atoms with Crippen LogP contribution in [0.1, 0.15) is 18.3 Å². The third-order valence-corrected chi connectivity index (χ3v) is 2.37. The molecule has 0 unspecified atom stereocenters. The van der Waals surface area contributed by atoms with Gasteiger partial charge in [0, 0.05) is 11.8 Å². The molecule has 0 aromatic carbocycles. The summed E-state index contributed by atoms with van der Waals surface area (Å²) in [6, 6.07) is 3.71. The van der Waals surface area contributed by atoms with Crippen LogP contribution in [0.25, 0.3) is 0 Å². The van der Waals surface area contributed by atoms with Gasteiger partial charge in [-0.15, -0.1) is 0 Å². The van der Waals surface area contributed by atoms with Crippen molar-refractivity contribution in [3.63, 3.8) is 0 Å². The van der Waals surface area contributed by atoms with Gasteiger partial charge in [0.25, 0.3) is 0 Å². The number of H-pyrrole nitrogens is 1. The topological polar surface area (TPSA) is 90.3 Å². The van der Waals surface area contributed by atoms with Crippen molar-refractivity contribution in [3.05, 3.63) is 28.8 Å². The number of rotatable bonds is 3. The number of halogens is 1. The van der Waals surface area contributed by atoms with Crippen molar-refractivity contribution in [1.82, 2.24) is 20.2 Å². The molecule has 0 amide bonds. The first-order valence-corrected chi connectivity index (χ1v) is 5.34. The Labute approximate surface area is 103 Å². The average Bonchev–Trinajstić information content (AvgIpc) is 2.77. The van der Waals surface area contributed by atoms with Crippen LogP contribution >= 0.6 is 11.6 Å². The summed E-state index contributed by atoms with van der Waals surface area (Å²) in [6.45, 7) is 2.02. The van der Waals surface area contributed by atoms with Crippen LogP contribution in [0.4, 0.5) is 11.6 Å². The second-order valence-electron chi connectivity index (χ2n) is 3.26. The van der Waals surface area contributed by atoms with E-state index >= 15 is 0 Å². The Balaban J connectivity index is 2.19. The molecule has 2 heterocycles. The molecule has 0 spiro atoms. The van der Waals surface area contributed by atoms with Crippen molar-refractivity contribution in [3.8, 4) is 6.07 Å². The van der Waals surface area contributed by atoms with Crippen LogP contribution in [0.15, 0.2) is 12.3 Å². The first-order chi connectivity index (χ1) is 8.22. The lowest BCUT2D eigenvalue weighted by Gasteiger charge is -2.01. The van der Waals surface area contributed by atoms with Gasteiger partial charge in [-0.25, -0.2) is 9.97 Å². The van der Waals surface area contributed by atoms with Gasteiger partial charge in [0.15, 0.2) is 22.5 Å². The van der Waals surface area contributed by atoms with Gasteiger partial charge in [0.2, 0.25) is 0 Å². The van der Waals surface area contributed by atoms with E-state index in [2.05, 4.69) is 25.5 Å². The molecule has 0 aliphatic heterocycles. The van der Waals surface area contributed by atoms with E-state index in [0.29, 0.717) is 11.6 Å².